The summed E-state index contributed by atoms with van der Waals surface area (Å²) in [6, 6.07) is 4.72. The van der Waals surface area contributed by atoms with Gasteiger partial charge in [-0.25, -0.2) is 4.39 Å². The van der Waals surface area contributed by atoms with Gasteiger partial charge in [-0.2, -0.15) is 0 Å². The van der Waals surface area contributed by atoms with Crippen LogP contribution in [0, 0.1) is 12.7 Å². The van der Waals surface area contributed by atoms with E-state index in [0.717, 1.165) is 31.2 Å². The zero-order chi connectivity index (χ0) is 18.7. The van der Waals surface area contributed by atoms with Gasteiger partial charge in [-0.05, 0) is 44.7 Å². The Bertz CT molecular complexity index is 665. The highest BCUT2D eigenvalue weighted by Crippen LogP contribution is 2.32. The van der Waals surface area contributed by atoms with Crippen molar-refractivity contribution in [3.63, 3.8) is 0 Å². The molecule has 0 spiro atoms. The van der Waals surface area contributed by atoms with E-state index in [1.165, 1.54) is 6.07 Å². The highest BCUT2D eigenvalue weighted by atomic mass is 19.1. The van der Waals surface area contributed by atoms with E-state index < -0.39 is 5.82 Å². The molecule has 2 aliphatic rings. The van der Waals surface area contributed by atoms with Crippen molar-refractivity contribution >= 4 is 11.8 Å². The normalized spacial score (nSPS) is 22.0. The van der Waals surface area contributed by atoms with Crippen molar-refractivity contribution in [3.8, 4) is 0 Å². The second-order valence-corrected chi connectivity index (χ2v) is 7.33. The van der Waals surface area contributed by atoms with Gasteiger partial charge in [0.1, 0.15) is 5.82 Å². The molecule has 26 heavy (non-hydrogen) atoms. The lowest BCUT2D eigenvalue weighted by Crippen LogP contribution is -2.57. The highest BCUT2D eigenvalue weighted by molar-refractivity contribution is 5.95. The fraction of sp³-hybridized carbons (Fsp3) is 0.600. The molecule has 2 atom stereocenters. The standard InChI is InChI=1S/C20H27FN2O3/c1-14-6-9-18(21)17(11-14)20(25)22-12-15-7-8-16(13-22)23(15)19(24)5-3-4-10-26-2/h6,9,11,15-16H,3-5,7-8,10,12-13H2,1-2H3/t15-,16+. The first kappa shape index (κ1) is 18.8. The number of amides is 2. The van der Waals surface area contributed by atoms with Gasteiger partial charge in [-0.15, -0.1) is 0 Å². The molecule has 2 saturated heterocycles. The van der Waals surface area contributed by atoms with Gasteiger partial charge in [0.05, 0.1) is 5.56 Å². The lowest BCUT2D eigenvalue weighted by atomic mass is 10.1. The molecule has 1 aromatic rings. The topological polar surface area (TPSA) is 49.9 Å². The predicted octanol–water partition coefficient (Wildman–Crippen LogP) is 2.77. The Hall–Kier alpha value is -1.95. The first-order valence-corrected chi connectivity index (χ1v) is 9.36. The number of unbranched alkanes of at least 4 members (excludes halogenated alkanes) is 1. The fourth-order valence-corrected chi connectivity index (χ4v) is 4.10. The van der Waals surface area contributed by atoms with Crippen molar-refractivity contribution in [1.82, 2.24) is 9.80 Å². The number of rotatable bonds is 6. The smallest absolute Gasteiger partial charge is 0.256 e. The van der Waals surface area contributed by atoms with E-state index in [4.69, 9.17) is 4.74 Å². The molecule has 2 heterocycles. The third-order valence-corrected chi connectivity index (χ3v) is 5.40. The third-order valence-electron chi connectivity index (χ3n) is 5.40. The fourth-order valence-electron chi connectivity index (χ4n) is 4.10. The zero-order valence-corrected chi connectivity index (χ0v) is 15.5. The maximum absolute atomic E-state index is 14.1. The number of benzene rings is 1. The van der Waals surface area contributed by atoms with Crippen LogP contribution in [0.5, 0.6) is 0 Å². The maximum Gasteiger partial charge on any atom is 0.256 e. The van der Waals surface area contributed by atoms with Crippen molar-refractivity contribution in [2.45, 2.75) is 51.1 Å². The number of hydrogen-bond acceptors (Lipinski definition) is 3. The number of fused-ring (bicyclic) bond motifs is 2. The summed E-state index contributed by atoms with van der Waals surface area (Å²) >= 11 is 0. The van der Waals surface area contributed by atoms with Gasteiger partial charge in [-0.3, -0.25) is 9.59 Å². The summed E-state index contributed by atoms with van der Waals surface area (Å²) in [7, 11) is 1.66. The van der Waals surface area contributed by atoms with Crippen molar-refractivity contribution < 1.29 is 18.7 Å². The van der Waals surface area contributed by atoms with Gasteiger partial charge in [0.2, 0.25) is 5.91 Å². The first-order valence-electron chi connectivity index (χ1n) is 9.36. The molecule has 2 fully saturated rings. The van der Waals surface area contributed by atoms with E-state index in [0.29, 0.717) is 26.1 Å². The van der Waals surface area contributed by atoms with Crippen LogP contribution >= 0.6 is 0 Å². The largest absolute Gasteiger partial charge is 0.385 e. The number of likely N-dealkylation sites (tertiary alicyclic amines) is 1. The molecule has 2 bridgehead atoms. The Morgan fingerprint density at radius 3 is 2.54 bits per heavy atom. The molecule has 3 rings (SSSR count). The van der Waals surface area contributed by atoms with Crippen LogP contribution in [0.2, 0.25) is 0 Å². The number of ether oxygens (including phenoxy) is 1. The third kappa shape index (κ3) is 3.90. The van der Waals surface area contributed by atoms with Crippen LogP contribution in [-0.2, 0) is 9.53 Å². The van der Waals surface area contributed by atoms with E-state index >= 15 is 0 Å². The molecule has 1 aromatic carbocycles. The van der Waals surface area contributed by atoms with Gasteiger partial charge < -0.3 is 14.5 Å². The van der Waals surface area contributed by atoms with Crippen molar-refractivity contribution in [2.75, 3.05) is 26.8 Å². The minimum atomic E-state index is -0.482. The molecule has 2 amide bonds. The molecule has 6 heteroatoms. The minimum absolute atomic E-state index is 0.0560. The molecule has 0 radical (unpaired) electrons. The minimum Gasteiger partial charge on any atom is -0.385 e. The Morgan fingerprint density at radius 2 is 1.88 bits per heavy atom. The Labute approximate surface area is 154 Å². The number of carbonyl (C=O) groups is 2. The van der Waals surface area contributed by atoms with Crippen LogP contribution in [0.3, 0.4) is 0 Å². The summed E-state index contributed by atoms with van der Waals surface area (Å²) in [5.74, 6) is -0.581. The summed E-state index contributed by atoms with van der Waals surface area (Å²) in [6.07, 6.45) is 4.04. The number of methoxy groups -OCH3 is 1. The lowest BCUT2D eigenvalue weighted by Gasteiger charge is -2.41. The van der Waals surface area contributed by atoms with E-state index in [9.17, 15) is 14.0 Å². The van der Waals surface area contributed by atoms with E-state index in [1.807, 2.05) is 11.8 Å². The SMILES string of the molecule is COCCCCC(=O)N1[C@@H]2CC[C@H]1CN(C(=O)c1cc(C)ccc1F)C2. The summed E-state index contributed by atoms with van der Waals surface area (Å²) in [4.78, 5) is 29.1. The van der Waals surface area contributed by atoms with Gasteiger partial charge in [-0.1, -0.05) is 11.6 Å². The monoisotopic (exact) mass is 362 g/mol. The molecule has 142 valence electrons. The molecule has 2 aliphatic heterocycles. The number of aryl methyl sites for hydroxylation is 1. The quantitative estimate of drug-likeness (QED) is 0.731. The van der Waals surface area contributed by atoms with Gasteiger partial charge in [0, 0.05) is 45.3 Å². The van der Waals surface area contributed by atoms with Gasteiger partial charge in [0.25, 0.3) is 5.91 Å². The van der Waals surface area contributed by atoms with Crippen molar-refractivity contribution in [2.24, 2.45) is 0 Å². The molecule has 0 saturated carbocycles. The summed E-state index contributed by atoms with van der Waals surface area (Å²) in [5.41, 5.74) is 0.992. The number of halogens is 1. The first-order chi connectivity index (χ1) is 12.5. The van der Waals surface area contributed by atoms with Crippen molar-refractivity contribution in [1.29, 1.82) is 0 Å². The van der Waals surface area contributed by atoms with Crippen LogP contribution in [0.1, 0.15) is 48.0 Å². The molecule has 0 unspecified atom stereocenters. The summed E-state index contributed by atoms with van der Waals surface area (Å²) in [6.45, 7) is 3.50. The second kappa shape index (κ2) is 8.16. The van der Waals surface area contributed by atoms with Crippen LogP contribution in [0.25, 0.3) is 0 Å². The van der Waals surface area contributed by atoms with Gasteiger partial charge in [0.15, 0.2) is 0 Å². The van der Waals surface area contributed by atoms with E-state index in [1.54, 1.807) is 24.1 Å². The Balaban J connectivity index is 1.63. The van der Waals surface area contributed by atoms with Gasteiger partial charge >= 0.3 is 0 Å². The lowest BCUT2D eigenvalue weighted by molar-refractivity contribution is -0.136. The molecule has 0 aromatic heterocycles. The molecular weight excluding hydrogens is 335 g/mol. The number of hydrogen-bond donors (Lipinski definition) is 0. The van der Waals surface area contributed by atoms with Crippen LogP contribution in [0.4, 0.5) is 4.39 Å². The zero-order valence-electron chi connectivity index (χ0n) is 15.5. The summed E-state index contributed by atoms with van der Waals surface area (Å²) < 4.78 is 19.1. The predicted molar refractivity (Wildman–Crippen MR) is 96.4 cm³/mol. The average molecular weight is 362 g/mol. The number of carbonyl (C=O) groups excluding carboxylic acids is 2. The Kier molecular flexibility index (Phi) is 5.91. The highest BCUT2D eigenvalue weighted by Gasteiger charge is 2.43. The maximum atomic E-state index is 14.1. The second-order valence-electron chi connectivity index (χ2n) is 7.33. The summed E-state index contributed by atoms with van der Waals surface area (Å²) in [5, 5.41) is 0. The van der Waals surface area contributed by atoms with Crippen molar-refractivity contribution in [3.05, 3.63) is 35.1 Å². The van der Waals surface area contributed by atoms with E-state index in [-0.39, 0.29) is 29.5 Å². The average Bonchev–Trinajstić information content (AvgIpc) is 2.90. The molecule has 0 aliphatic carbocycles. The van der Waals surface area contributed by atoms with Crippen LogP contribution in [-0.4, -0.2) is 60.5 Å². The van der Waals surface area contributed by atoms with E-state index in [2.05, 4.69) is 0 Å². The van der Waals surface area contributed by atoms with Crippen LogP contribution in [0.15, 0.2) is 18.2 Å². The number of piperazine rings is 1. The number of nitrogens with zero attached hydrogens (tertiary/aromatic N) is 2. The molecule has 0 N–H and O–H groups in total. The Morgan fingerprint density at radius 1 is 1.19 bits per heavy atom. The molecule has 5 nitrogen and oxygen atoms in total. The molecular formula is C20H27FN2O3. The van der Waals surface area contributed by atoms with Crippen LogP contribution < -0.4 is 0 Å².